The van der Waals surface area contributed by atoms with Crippen molar-refractivity contribution in [2.45, 2.75) is 18.6 Å². The zero-order valence-electron chi connectivity index (χ0n) is 17.4. The minimum atomic E-state index is -0.959. The van der Waals surface area contributed by atoms with Crippen LogP contribution in [0.3, 0.4) is 0 Å². The number of benzene rings is 1. The monoisotopic (exact) mass is 458 g/mol. The third-order valence-corrected chi connectivity index (χ3v) is 5.62. The van der Waals surface area contributed by atoms with Gasteiger partial charge in [-0.25, -0.2) is 4.98 Å². The first-order chi connectivity index (χ1) is 15.6. The summed E-state index contributed by atoms with van der Waals surface area (Å²) in [6.07, 6.45) is 3.07. The topological polar surface area (TPSA) is 148 Å². The van der Waals surface area contributed by atoms with E-state index in [1.807, 2.05) is 4.90 Å². The van der Waals surface area contributed by atoms with Crippen LogP contribution in [-0.2, 0) is 9.53 Å². The second kappa shape index (κ2) is 9.70. The highest BCUT2D eigenvalue weighted by atomic mass is 32.1. The molecule has 1 aliphatic rings. The summed E-state index contributed by atoms with van der Waals surface area (Å²) in [7, 11) is 2.88. The Morgan fingerprint density at radius 2 is 2.06 bits per heavy atom. The van der Waals surface area contributed by atoms with Crippen molar-refractivity contribution in [3.8, 4) is 11.5 Å². The van der Waals surface area contributed by atoms with E-state index in [1.165, 1.54) is 43.9 Å². The number of aromatic hydroxyl groups is 1. The van der Waals surface area contributed by atoms with E-state index in [4.69, 9.17) is 9.47 Å². The van der Waals surface area contributed by atoms with Crippen molar-refractivity contribution in [3.63, 3.8) is 0 Å². The number of anilines is 3. The van der Waals surface area contributed by atoms with Crippen molar-refractivity contribution in [1.29, 1.82) is 0 Å². The normalized spacial score (nSPS) is 16.6. The molecule has 0 radical (unpaired) electrons. The molecule has 1 saturated heterocycles. The number of nitrogens with one attached hydrogen (secondary N) is 2. The molecule has 12 nitrogen and oxygen atoms in total. The number of phenols is 1. The van der Waals surface area contributed by atoms with Gasteiger partial charge in [-0.2, -0.15) is 5.10 Å². The number of ether oxygens (including phenoxy) is 2. The van der Waals surface area contributed by atoms with Crippen molar-refractivity contribution in [1.82, 2.24) is 25.4 Å². The number of hydrogen-bond donors (Lipinski definition) is 3. The van der Waals surface area contributed by atoms with Gasteiger partial charge in [-0.3, -0.25) is 10.1 Å². The summed E-state index contributed by atoms with van der Waals surface area (Å²) in [5.74, 6) is 0.540. The molecule has 168 valence electrons. The Bertz CT molecular complexity index is 1070. The predicted octanol–water partition coefficient (Wildman–Crippen LogP) is 1.45. The van der Waals surface area contributed by atoms with Crippen LogP contribution < -0.4 is 20.3 Å². The molecule has 13 heteroatoms. The molecule has 2 aromatic heterocycles. The van der Waals surface area contributed by atoms with Gasteiger partial charge in [0, 0.05) is 32.3 Å². The van der Waals surface area contributed by atoms with Crippen LogP contribution in [0.1, 0.15) is 18.1 Å². The number of methoxy groups -OCH3 is 2. The highest BCUT2D eigenvalue weighted by molar-refractivity contribution is 7.19. The van der Waals surface area contributed by atoms with Crippen molar-refractivity contribution >= 4 is 33.5 Å². The quantitative estimate of drug-likeness (QED) is 0.450. The largest absolute Gasteiger partial charge is 0.508 e. The van der Waals surface area contributed by atoms with E-state index in [9.17, 15) is 9.90 Å². The van der Waals surface area contributed by atoms with Gasteiger partial charge in [-0.1, -0.05) is 11.3 Å². The number of carbonyl (C=O) groups excluding carboxylic acids is 1. The lowest BCUT2D eigenvalue weighted by atomic mass is 10.1. The van der Waals surface area contributed by atoms with Crippen LogP contribution in [0.5, 0.6) is 11.5 Å². The Kier molecular flexibility index (Phi) is 6.56. The first kappa shape index (κ1) is 21.6. The molecule has 0 aliphatic carbocycles. The Balaban J connectivity index is 1.36. The number of amides is 1. The summed E-state index contributed by atoms with van der Waals surface area (Å²) in [6.45, 7) is 1.51. The van der Waals surface area contributed by atoms with Crippen LogP contribution in [0.15, 0.2) is 30.6 Å². The summed E-state index contributed by atoms with van der Waals surface area (Å²) in [5.41, 5.74) is 0.452. The SMILES string of the molecule is COc1cc(O)cc([C@@H](OC)C(=O)Nc2nnc(N[C@@H]3CCN(c4nccnn4)C3)s2)c1. The fourth-order valence-corrected chi connectivity index (χ4v) is 4.12. The van der Waals surface area contributed by atoms with E-state index < -0.39 is 12.0 Å². The van der Waals surface area contributed by atoms with Crippen molar-refractivity contribution in [3.05, 3.63) is 36.2 Å². The van der Waals surface area contributed by atoms with E-state index in [-0.39, 0.29) is 11.8 Å². The zero-order valence-corrected chi connectivity index (χ0v) is 18.2. The molecule has 3 aromatic rings. The van der Waals surface area contributed by atoms with Gasteiger partial charge in [0.15, 0.2) is 6.10 Å². The van der Waals surface area contributed by atoms with Gasteiger partial charge in [-0.05, 0) is 24.1 Å². The molecule has 1 aliphatic heterocycles. The molecule has 0 saturated carbocycles. The van der Waals surface area contributed by atoms with Crippen LogP contribution in [0.2, 0.25) is 0 Å². The number of rotatable bonds is 8. The minimum absolute atomic E-state index is 0.0288. The molecule has 3 N–H and O–H groups in total. The van der Waals surface area contributed by atoms with Gasteiger partial charge in [0.25, 0.3) is 5.91 Å². The second-order valence-corrected chi connectivity index (χ2v) is 7.98. The first-order valence-electron chi connectivity index (χ1n) is 9.76. The van der Waals surface area contributed by atoms with E-state index in [2.05, 4.69) is 36.0 Å². The Labute approximate surface area is 187 Å². The number of carbonyl (C=O) groups is 1. The molecule has 2 atom stereocenters. The Hall–Kier alpha value is -3.58. The molecular formula is C19H22N8O4S. The van der Waals surface area contributed by atoms with Crippen LogP contribution in [0.25, 0.3) is 0 Å². The molecule has 3 heterocycles. The number of hydrogen-bond acceptors (Lipinski definition) is 12. The second-order valence-electron chi connectivity index (χ2n) is 7.00. The average Bonchev–Trinajstić information content (AvgIpc) is 3.44. The summed E-state index contributed by atoms with van der Waals surface area (Å²) >= 11 is 1.22. The van der Waals surface area contributed by atoms with Crippen LogP contribution in [-0.4, -0.2) is 69.7 Å². The highest BCUT2D eigenvalue weighted by Gasteiger charge is 2.26. The third kappa shape index (κ3) is 5.00. The summed E-state index contributed by atoms with van der Waals surface area (Å²) in [4.78, 5) is 19.0. The molecule has 4 rings (SSSR count). The average molecular weight is 459 g/mol. The van der Waals surface area contributed by atoms with Gasteiger partial charge in [0.2, 0.25) is 16.2 Å². The van der Waals surface area contributed by atoms with Gasteiger partial charge in [0.05, 0.1) is 19.5 Å². The standard InChI is InChI=1S/C19H22N8O4S/c1-30-14-8-11(7-13(28)9-14)15(31-2)16(29)23-19-26-25-18(32-19)22-12-3-6-27(10-12)17-20-4-5-21-24-17/h4-5,7-9,12,15,28H,3,6,10H2,1-2H3,(H,22,25)(H,23,26,29)/t12-,15-/m1/s1. The molecule has 0 bridgehead atoms. The van der Waals surface area contributed by atoms with Gasteiger partial charge < -0.3 is 24.8 Å². The first-order valence-corrected chi connectivity index (χ1v) is 10.6. The molecule has 32 heavy (non-hydrogen) atoms. The summed E-state index contributed by atoms with van der Waals surface area (Å²) in [5, 5.41) is 32.9. The van der Waals surface area contributed by atoms with Gasteiger partial charge >= 0.3 is 0 Å². The summed E-state index contributed by atoms with van der Waals surface area (Å²) < 4.78 is 10.5. The van der Waals surface area contributed by atoms with E-state index in [1.54, 1.807) is 12.3 Å². The third-order valence-electron chi connectivity index (χ3n) is 4.85. The smallest absolute Gasteiger partial charge is 0.259 e. The van der Waals surface area contributed by atoms with Crippen molar-refractivity contribution in [2.24, 2.45) is 0 Å². The van der Waals surface area contributed by atoms with Gasteiger partial charge in [-0.15, -0.1) is 15.3 Å². The summed E-state index contributed by atoms with van der Waals surface area (Å²) in [6, 6.07) is 4.66. The predicted molar refractivity (Wildman–Crippen MR) is 117 cm³/mol. The Morgan fingerprint density at radius 1 is 1.22 bits per heavy atom. The zero-order chi connectivity index (χ0) is 22.5. The maximum atomic E-state index is 12.7. The lowest BCUT2D eigenvalue weighted by molar-refractivity contribution is -0.126. The van der Waals surface area contributed by atoms with Crippen molar-refractivity contribution in [2.75, 3.05) is 42.8 Å². The van der Waals surface area contributed by atoms with Crippen LogP contribution in [0.4, 0.5) is 16.2 Å². The fourth-order valence-electron chi connectivity index (χ4n) is 3.39. The van der Waals surface area contributed by atoms with E-state index >= 15 is 0 Å². The molecule has 0 spiro atoms. The van der Waals surface area contributed by atoms with E-state index in [0.717, 1.165) is 13.0 Å². The van der Waals surface area contributed by atoms with Crippen molar-refractivity contribution < 1.29 is 19.4 Å². The molecule has 1 aromatic carbocycles. The van der Waals surface area contributed by atoms with Gasteiger partial charge in [0.1, 0.15) is 11.5 Å². The number of nitrogens with zero attached hydrogens (tertiary/aromatic N) is 6. The molecule has 1 fully saturated rings. The molecule has 0 unspecified atom stereocenters. The Morgan fingerprint density at radius 3 is 2.81 bits per heavy atom. The van der Waals surface area contributed by atoms with E-state index in [0.29, 0.717) is 34.1 Å². The minimum Gasteiger partial charge on any atom is -0.508 e. The lowest BCUT2D eigenvalue weighted by Crippen LogP contribution is -2.27. The van der Waals surface area contributed by atoms with Crippen LogP contribution in [0, 0.1) is 0 Å². The molecular weight excluding hydrogens is 436 g/mol. The maximum absolute atomic E-state index is 12.7. The fraction of sp³-hybridized carbons (Fsp3) is 0.368. The highest BCUT2D eigenvalue weighted by Crippen LogP contribution is 2.29. The molecule has 1 amide bonds. The maximum Gasteiger partial charge on any atom is 0.259 e. The lowest BCUT2D eigenvalue weighted by Gasteiger charge is -2.16. The number of aromatic nitrogens is 5. The number of phenolic OH excluding ortho intramolecular Hbond substituents is 1. The van der Waals surface area contributed by atoms with Crippen LogP contribution >= 0.6 is 11.3 Å².